The molecule has 0 bridgehead atoms. The number of benzene rings is 1. The van der Waals surface area contributed by atoms with E-state index in [0.717, 1.165) is 24.1 Å². The van der Waals surface area contributed by atoms with Gasteiger partial charge >= 0.3 is 12.1 Å². The number of rotatable bonds is 4. The number of hydrogen-bond acceptors (Lipinski definition) is 3. The van der Waals surface area contributed by atoms with Crippen molar-refractivity contribution >= 4 is 27.8 Å². The Bertz CT molecular complexity index is 546. The Morgan fingerprint density at radius 2 is 1.95 bits per heavy atom. The number of ether oxygens (including phenoxy) is 1. The predicted octanol–water partition coefficient (Wildman–Crippen LogP) is 3.10. The highest BCUT2D eigenvalue weighted by Gasteiger charge is 2.36. The van der Waals surface area contributed by atoms with Crippen LogP contribution in [0, 0.1) is 0 Å². The van der Waals surface area contributed by atoms with Crippen LogP contribution in [0.15, 0.2) is 22.7 Å². The van der Waals surface area contributed by atoms with Gasteiger partial charge in [0.25, 0.3) is 5.91 Å². The molecule has 0 fully saturated rings. The van der Waals surface area contributed by atoms with Crippen molar-refractivity contribution in [1.82, 2.24) is 4.90 Å². The number of hydrogen-bond donors (Lipinski definition) is 0. The van der Waals surface area contributed by atoms with Crippen LogP contribution in [0.2, 0.25) is 0 Å². The number of carbonyl (C=O) groups excluding carboxylic acids is 2. The van der Waals surface area contributed by atoms with E-state index in [1.807, 2.05) is 0 Å². The summed E-state index contributed by atoms with van der Waals surface area (Å²) in [4.78, 5) is 24.4. The third-order valence-electron chi connectivity index (χ3n) is 2.73. The quantitative estimate of drug-likeness (QED) is 0.768. The molecule has 1 aromatic rings. The standard InChI is InChI=1S/C13H13BrF3NO3/c1-3-18(7-11(19)21-2)12(20)9-5-4-8(14)6-10(9)13(15,16)17/h4-6H,3,7H2,1-2H3. The molecule has 116 valence electrons. The summed E-state index contributed by atoms with van der Waals surface area (Å²) >= 11 is 2.94. The van der Waals surface area contributed by atoms with E-state index in [1.54, 1.807) is 6.92 Å². The fourth-order valence-electron chi connectivity index (χ4n) is 1.66. The van der Waals surface area contributed by atoms with Gasteiger partial charge in [-0.2, -0.15) is 13.2 Å². The van der Waals surface area contributed by atoms with E-state index < -0.39 is 35.7 Å². The summed E-state index contributed by atoms with van der Waals surface area (Å²) < 4.78 is 43.6. The molecule has 0 aliphatic heterocycles. The summed E-state index contributed by atoms with van der Waals surface area (Å²) in [6, 6.07) is 3.25. The molecule has 21 heavy (non-hydrogen) atoms. The van der Waals surface area contributed by atoms with E-state index in [0.29, 0.717) is 0 Å². The summed E-state index contributed by atoms with van der Waals surface area (Å²) in [6.45, 7) is 1.24. The fourth-order valence-corrected chi connectivity index (χ4v) is 2.02. The Labute approximate surface area is 128 Å². The van der Waals surface area contributed by atoms with Gasteiger partial charge in [0, 0.05) is 11.0 Å². The van der Waals surface area contributed by atoms with Crippen LogP contribution in [0.4, 0.5) is 13.2 Å². The van der Waals surface area contributed by atoms with Crippen molar-refractivity contribution in [3.05, 3.63) is 33.8 Å². The first-order chi connectivity index (χ1) is 9.70. The minimum Gasteiger partial charge on any atom is -0.468 e. The molecule has 0 heterocycles. The van der Waals surface area contributed by atoms with Crippen molar-refractivity contribution in [2.75, 3.05) is 20.2 Å². The highest BCUT2D eigenvalue weighted by molar-refractivity contribution is 9.10. The Morgan fingerprint density at radius 3 is 2.43 bits per heavy atom. The fraction of sp³-hybridized carbons (Fsp3) is 0.385. The predicted molar refractivity (Wildman–Crippen MR) is 72.7 cm³/mol. The maximum atomic E-state index is 13.0. The number of alkyl halides is 3. The molecule has 0 saturated heterocycles. The molecule has 4 nitrogen and oxygen atoms in total. The van der Waals surface area contributed by atoms with Gasteiger partial charge in [0.2, 0.25) is 0 Å². The first kappa shape index (κ1) is 17.5. The van der Waals surface area contributed by atoms with E-state index in [9.17, 15) is 22.8 Å². The zero-order valence-corrected chi connectivity index (χ0v) is 12.9. The first-order valence-corrected chi connectivity index (χ1v) is 6.72. The smallest absolute Gasteiger partial charge is 0.417 e. The lowest BCUT2D eigenvalue weighted by Gasteiger charge is -2.21. The normalized spacial score (nSPS) is 11.1. The number of nitrogens with zero attached hydrogens (tertiary/aromatic N) is 1. The van der Waals surface area contributed by atoms with Crippen LogP contribution in [-0.4, -0.2) is 37.0 Å². The van der Waals surface area contributed by atoms with Gasteiger partial charge in [-0.1, -0.05) is 15.9 Å². The molecule has 0 atom stereocenters. The lowest BCUT2D eigenvalue weighted by Crippen LogP contribution is -2.37. The van der Waals surface area contributed by atoms with Gasteiger partial charge in [0.05, 0.1) is 18.2 Å². The Kier molecular flexibility index (Phi) is 5.77. The topological polar surface area (TPSA) is 46.6 Å². The van der Waals surface area contributed by atoms with Crippen LogP contribution in [-0.2, 0) is 15.7 Å². The van der Waals surface area contributed by atoms with E-state index in [4.69, 9.17) is 0 Å². The zero-order chi connectivity index (χ0) is 16.2. The number of likely N-dealkylation sites (N-methyl/N-ethyl adjacent to an activating group) is 1. The van der Waals surface area contributed by atoms with Gasteiger partial charge in [-0.05, 0) is 25.1 Å². The summed E-state index contributed by atoms with van der Waals surface area (Å²) in [6.07, 6.45) is -4.67. The highest BCUT2D eigenvalue weighted by Crippen LogP contribution is 2.34. The molecule has 0 N–H and O–H groups in total. The second-order valence-corrected chi connectivity index (χ2v) is 5.00. The molecule has 0 radical (unpaired) electrons. The molecule has 0 spiro atoms. The summed E-state index contributed by atoms with van der Waals surface area (Å²) in [5.41, 5.74) is -1.55. The Morgan fingerprint density at radius 1 is 1.33 bits per heavy atom. The van der Waals surface area contributed by atoms with Crippen LogP contribution in [0.1, 0.15) is 22.8 Å². The SMILES string of the molecule is CCN(CC(=O)OC)C(=O)c1ccc(Br)cc1C(F)(F)F. The second kappa shape index (κ2) is 6.93. The molecule has 0 unspecified atom stereocenters. The van der Waals surface area contributed by atoms with Gasteiger partial charge in [0.15, 0.2) is 0 Å². The average Bonchev–Trinajstić information content (AvgIpc) is 2.42. The van der Waals surface area contributed by atoms with Crippen molar-refractivity contribution in [2.24, 2.45) is 0 Å². The highest BCUT2D eigenvalue weighted by atomic mass is 79.9. The molecule has 1 rings (SSSR count). The van der Waals surface area contributed by atoms with Gasteiger partial charge in [-0.3, -0.25) is 9.59 Å². The van der Waals surface area contributed by atoms with Crippen molar-refractivity contribution in [2.45, 2.75) is 13.1 Å². The first-order valence-electron chi connectivity index (χ1n) is 5.93. The van der Waals surface area contributed by atoms with Gasteiger partial charge in [-0.15, -0.1) is 0 Å². The third kappa shape index (κ3) is 4.45. The van der Waals surface area contributed by atoms with Crippen molar-refractivity contribution < 1.29 is 27.5 Å². The second-order valence-electron chi connectivity index (χ2n) is 4.08. The largest absolute Gasteiger partial charge is 0.468 e. The monoisotopic (exact) mass is 367 g/mol. The summed E-state index contributed by atoms with van der Waals surface area (Å²) in [5, 5.41) is 0. The van der Waals surface area contributed by atoms with Crippen LogP contribution in [0.25, 0.3) is 0 Å². The lowest BCUT2D eigenvalue weighted by molar-refractivity contribution is -0.141. The number of halogens is 4. The summed E-state index contributed by atoms with van der Waals surface area (Å²) in [7, 11) is 1.14. The Balaban J connectivity index is 3.19. The number of methoxy groups -OCH3 is 1. The molecule has 0 aromatic heterocycles. The van der Waals surface area contributed by atoms with Crippen LogP contribution < -0.4 is 0 Å². The van der Waals surface area contributed by atoms with Crippen LogP contribution in [0.3, 0.4) is 0 Å². The van der Waals surface area contributed by atoms with Crippen LogP contribution >= 0.6 is 15.9 Å². The number of esters is 1. The van der Waals surface area contributed by atoms with E-state index in [1.165, 1.54) is 6.07 Å². The van der Waals surface area contributed by atoms with E-state index in [2.05, 4.69) is 20.7 Å². The number of amides is 1. The molecule has 0 saturated carbocycles. The molecule has 8 heteroatoms. The minimum absolute atomic E-state index is 0.0846. The molecular formula is C13H13BrF3NO3. The molecule has 1 aromatic carbocycles. The van der Waals surface area contributed by atoms with Gasteiger partial charge < -0.3 is 9.64 Å². The van der Waals surface area contributed by atoms with Gasteiger partial charge in [-0.25, -0.2) is 0 Å². The van der Waals surface area contributed by atoms with Crippen molar-refractivity contribution in [3.63, 3.8) is 0 Å². The number of carbonyl (C=O) groups is 2. The maximum Gasteiger partial charge on any atom is 0.417 e. The summed E-state index contributed by atoms with van der Waals surface area (Å²) in [5.74, 6) is -1.57. The van der Waals surface area contributed by atoms with Gasteiger partial charge in [0.1, 0.15) is 6.54 Å². The Hall–Kier alpha value is -1.57. The molecular weight excluding hydrogens is 355 g/mol. The minimum atomic E-state index is -4.67. The maximum absolute atomic E-state index is 13.0. The van der Waals surface area contributed by atoms with Crippen molar-refractivity contribution in [1.29, 1.82) is 0 Å². The average molecular weight is 368 g/mol. The van der Waals surface area contributed by atoms with Crippen LogP contribution in [0.5, 0.6) is 0 Å². The molecule has 0 aliphatic carbocycles. The van der Waals surface area contributed by atoms with Crippen molar-refractivity contribution in [3.8, 4) is 0 Å². The third-order valence-corrected chi connectivity index (χ3v) is 3.23. The molecule has 1 amide bonds. The van der Waals surface area contributed by atoms with E-state index in [-0.39, 0.29) is 11.0 Å². The zero-order valence-electron chi connectivity index (χ0n) is 11.3. The molecule has 0 aliphatic rings. The lowest BCUT2D eigenvalue weighted by atomic mass is 10.1. The van der Waals surface area contributed by atoms with E-state index >= 15 is 0 Å².